The number of amides is 2. The zero-order valence-electron chi connectivity index (χ0n) is 15.9. The molecule has 1 aliphatic heterocycles. The van der Waals surface area contributed by atoms with Crippen LogP contribution in [0.15, 0.2) is 48.5 Å². The van der Waals surface area contributed by atoms with Crippen LogP contribution >= 0.6 is 12.2 Å². The summed E-state index contributed by atoms with van der Waals surface area (Å²) in [7, 11) is 1.29. The highest BCUT2D eigenvalue weighted by Gasteiger charge is 2.22. The quantitative estimate of drug-likeness (QED) is 0.594. The van der Waals surface area contributed by atoms with Gasteiger partial charge < -0.3 is 15.0 Å². The van der Waals surface area contributed by atoms with E-state index < -0.39 is 11.9 Å². The first-order valence-electron chi connectivity index (χ1n) is 9.18. The minimum absolute atomic E-state index is 0.0573. The Kier molecular flexibility index (Phi) is 6.56. The molecule has 0 unspecified atom stereocenters. The van der Waals surface area contributed by atoms with Crippen molar-refractivity contribution in [2.75, 3.05) is 25.5 Å². The SMILES string of the molecule is COC(=O)c1ccc(C(=O)NC(=S)Nc2ccccc2C(=O)N2CCCC2)cc1. The molecule has 0 bridgehead atoms. The predicted molar refractivity (Wildman–Crippen MR) is 113 cm³/mol. The van der Waals surface area contributed by atoms with Gasteiger partial charge in [-0.05, 0) is 61.5 Å². The molecule has 1 aliphatic rings. The van der Waals surface area contributed by atoms with Crippen molar-refractivity contribution in [3.8, 4) is 0 Å². The Balaban J connectivity index is 1.65. The number of hydrogen-bond acceptors (Lipinski definition) is 5. The first-order valence-corrected chi connectivity index (χ1v) is 9.59. The van der Waals surface area contributed by atoms with E-state index in [0.717, 1.165) is 25.9 Å². The molecule has 150 valence electrons. The summed E-state index contributed by atoms with van der Waals surface area (Å²) in [5.74, 6) is -0.964. The zero-order valence-corrected chi connectivity index (χ0v) is 16.8. The maximum atomic E-state index is 12.7. The van der Waals surface area contributed by atoms with Gasteiger partial charge in [0.2, 0.25) is 0 Å². The van der Waals surface area contributed by atoms with Gasteiger partial charge in [0, 0.05) is 18.7 Å². The van der Waals surface area contributed by atoms with Gasteiger partial charge in [0.05, 0.1) is 23.9 Å². The monoisotopic (exact) mass is 411 g/mol. The Hall–Kier alpha value is -3.26. The molecule has 0 atom stereocenters. The molecule has 3 rings (SSSR count). The molecule has 2 amide bonds. The number of carbonyl (C=O) groups excluding carboxylic acids is 3. The van der Waals surface area contributed by atoms with Crippen molar-refractivity contribution in [2.45, 2.75) is 12.8 Å². The van der Waals surface area contributed by atoms with Crippen molar-refractivity contribution in [3.05, 3.63) is 65.2 Å². The van der Waals surface area contributed by atoms with E-state index in [9.17, 15) is 14.4 Å². The van der Waals surface area contributed by atoms with E-state index in [-0.39, 0.29) is 11.0 Å². The number of benzene rings is 2. The van der Waals surface area contributed by atoms with E-state index in [0.29, 0.717) is 22.4 Å². The highest BCUT2D eigenvalue weighted by atomic mass is 32.1. The number of carbonyl (C=O) groups is 3. The lowest BCUT2D eigenvalue weighted by Crippen LogP contribution is -2.35. The van der Waals surface area contributed by atoms with E-state index in [1.54, 1.807) is 24.3 Å². The molecule has 0 spiro atoms. The van der Waals surface area contributed by atoms with Crippen LogP contribution in [-0.2, 0) is 4.74 Å². The molecule has 0 aromatic heterocycles. The molecule has 7 nitrogen and oxygen atoms in total. The van der Waals surface area contributed by atoms with Gasteiger partial charge in [-0.3, -0.25) is 14.9 Å². The first-order chi connectivity index (χ1) is 14.0. The number of rotatable bonds is 4. The predicted octanol–water partition coefficient (Wildman–Crippen LogP) is 2.84. The topological polar surface area (TPSA) is 87.7 Å². The summed E-state index contributed by atoms with van der Waals surface area (Å²) in [6, 6.07) is 13.1. The maximum Gasteiger partial charge on any atom is 0.337 e. The third-order valence-corrected chi connectivity index (χ3v) is 4.80. The lowest BCUT2D eigenvalue weighted by atomic mass is 10.1. The van der Waals surface area contributed by atoms with E-state index >= 15 is 0 Å². The van der Waals surface area contributed by atoms with Crippen molar-refractivity contribution >= 4 is 40.8 Å². The summed E-state index contributed by atoms with van der Waals surface area (Å²) < 4.78 is 4.63. The van der Waals surface area contributed by atoms with Crippen molar-refractivity contribution in [2.24, 2.45) is 0 Å². The molecule has 8 heteroatoms. The van der Waals surface area contributed by atoms with Gasteiger partial charge in [0.15, 0.2) is 5.11 Å². The number of likely N-dealkylation sites (tertiary alicyclic amines) is 1. The second kappa shape index (κ2) is 9.29. The molecule has 0 saturated carbocycles. The standard InChI is InChI=1S/C21H21N3O4S/c1-28-20(27)15-10-8-14(9-11-15)18(25)23-21(29)22-17-7-3-2-6-16(17)19(26)24-12-4-5-13-24/h2-3,6-11H,4-5,12-13H2,1H3,(H2,22,23,25,29). The first kappa shape index (κ1) is 20.5. The average Bonchev–Trinajstić information content (AvgIpc) is 3.28. The van der Waals surface area contributed by atoms with Gasteiger partial charge in [-0.15, -0.1) is 0 Å². The fourth-order valence-corrected chi connectivity index (χ4v) is 3.28. The normalized spacial score (nSPS) is 12.9. The van der Waals surface area contributed by atoms with Gasteiger partial charge in [-0.1, -0.05) is 12.1 Å². The molecule has 29 heavy (non-hydrogen) atoms. The van der Waals surface area contributed by atoms with Crippen LogP contribution in [-0.4, -0.2) is 48.0 Å². The summed E-state index contributed by atoms with van der Waals surface area (Å²) in [6.07, 6.45) is 2.01. The fourth-order valence-electron chi connectivity index (χ4n) is 3.07. The average molecular weight is 411 g/mol. The minimum atomic E-state index is -0.478. The second-order valence-electron chi connectivity index (χ2n) is 6.52. The third-order valence-electron chi connectivity index (χ3n) is 4.59. The Morgan fingerprint density at radius 1 is 0.966 bits per heavy atom. The fraction of sp³-hybridized carbons (Fsp3) is 0.238. The molecule has 0 radical (unpaired) electrons. The number of methoxy groups -OCH3 is 1. The zero-order chi connectivity index (χ0) is 20.8. The number of nitrogens with one attached hydrogen (secondary N) is 2. The maximum absolute atomic E-state index is 12.7. The molecule has 1 fully saturated rings. The number of ether oxygens (including phenoxy) is 1. The summed E-state index contributed by atoms with van der Waals surface area (Å²) >= 11 is 5.24. The molecule has 2 aromatic carbocycles. The lowest BCUT2D eigenvalue weighted by molar-refractivity contribution is 0.0600. The van der Waals surface area contributed by atoms with E-state index in [4.69, 9.17) is 12.2 Å². The van der Waals surface area contributed by atoms with Crippen LogP contribution in [0.5, 0.6) is 0 Å². The van der Waals surface area contributed by atoms with Gasteiger partial charge in [-0.2, -0.15) is 0 Å². The number of nitrogens with zero attached hydrogens (tertiary/aromatic N) is 1. The number of hydrogen-bond donors (Lipinski definition) is 2. The number of thiocarbonyl (C=S) groups is 1. The smallest absolute Gasteiger partial charge is 0.337 e. The lowest BCUT2D eigenvalue weighted by Gasteiger charge is -2.18. The Morgan fingerprint density at radius 3 is 2.24 bits per heavy atom. The number of anilines is 1. The van der Waals surface area contributed by atoms with E-state index in [1.807, 2.05) is 4.90 Å². The largest absolute Gasteiger partial charge is 0.465 e. The van der Waals surface area contributed by atoms with Crippen molar-refractivity contribution < 1.29 is 19.1 Å². The summed E-state index contributed by atoms with van der Waals surface area (Å²) in [6.45, 7) is 1.49. The molecular weight excluding hydrogens is 390 g/mol. The molecule has 2 aromatic rings. The summed E-state index contributed by atoms with van der Waals surface area (Å²) in [5, 5.41) is 5.59. The summed E-state index contributed by atoms with van der Waals surface area (Å²) in [5.41, 5.74) is 1.73. The molecular formula is C21H21N3O4S. The van der Waals surface area contributed by atoms with Gasteiger partial charge >= 0.3 is 5.97 Å². The van der Waals surface area contributed by atoms with Crippen LogP contribution in [0.2, 0.25) is 0 Å². The van der Waals surface area contributed by atoms with Crippen LogP contribution in [0, 0.1) is 0 Å². The third kappa shape index (κ3) is 4.97. The Labute approximate surface area is 174 Å². The van der Waals surface area contributed by atoms with Crippen LogP contribution in [0.25, 0.3) is 0 Å². The molecule has 0 aliphatic carbocycles. The van der Waals surface area contributed by atoms with Gasteiger partial charge in [0.1, 0.15) is 0 Å². The van der Waals surface area contributed by atoms with Crippen molar-refractivity contribution in [1.29, 1.82) is 0 Å². The highest BCUT2D eigenvalue weighted by molar-refractivity contribution is 7.80. The van der Waals surface area contributed by atoms with Gasteiger partial charge in [-0.25, -0.2) is 4.79 Å². The van der Waals surface area contributed by atoms with Crippen molar-refractivity contribution in [1.82, 2.24) is 10.2 Å². The van der Waals surface area contributed by atoms with Crippen molar-refractivity contribution in [3.63, 3.8) is 0 Å². The Bertz CT molecular complexity index is 937. The number of esters is 1. The van der Waals surface area contributed by atoms with Crippen LogP contribution < -0.4 is 10.6 Å². The number of para-hydroxylation sites is 1. The summed E-state index contributed by atoms with van der Waals surface area (Å²) in [4.78, 5) is 38.4. The molecule has 1 saturated heterocycles. The minimum Gasteiger partial charge on any atom is -0.465 e. The van der Waals surface area contributed by atoms with Gasteiger partial charge in [0.25, 0.3) is 11.8 Å². The Morgan fingerprint density at radius 2 is 1.59 bits per heavy atom. The van der Waals surface area contributed by atoms with E-state index in [1.165, 1.54) is 31.4 Å². The molecule has 2 N–H and O–H groups in total. The molecule has 1 heterocycles. The van der Waals surface area contributed by atoms with E-state index in [2.05, 4.69) is 15.4 Å². The van der Waals surface area contributed by atoms with Crippen LogP contribution in [0.1, 0.15) is 43.9 Å². The van der Waals surface area contributed by atoms with Crippen LogP contribution in [0.3, 0.4) is 0 Å². The highest BCUT2D eigenvalue weighted by Crippen LogP contribution is 2.20. The van der Waals surface area contributed by atoms with Crippen LogP contribution in [0.4, 0.5) is 5.69 Å². The second-order valence-corrected chi connectivity index (χ2v) is 6.93.